The van der Waals surface area contributed by atoms with Crippen molar-refractivity contribution in [3.05, 3.63) is 88.7 Å². The summed E-state index contributed by atoms with van der Waals surface area (Å²) in [5, 5.41) is 22.4. The Balaban J connectivity index is 0.790. The Kier molecular flexibility index (Phi) is 11.3. The van der Waals surface area contributed by atoms with Crippen LogP contribution in [0.25, 0.3) is 22.3 Å². The van der Waals surface area contributed by atoms with Crippen molar-refractivity contribution in [2.75, 3.05) is 67.9 Å². The summed E-state index contributed by atoms with van der Waals surface area (Å²) in [4.78, 5) is 51.3. The highest BCUT2D eigenvalue weighted by Crippen LogP contribution is 2.38. The molecule has 62 heavy (non-hydrogen) atoms. The van der Waals surface area contributed by atoms with Crippen molar-refractivity contribution in [2.24, 2.45) is 5.92 Å². The van der Waals surface area contributed by atoms with E-state index in [2.05, 4.69) is 56.0 Å². The predicted octanol–water partition coefficient (Wildman–Crippen LogP) is 6.31. The summed E-state index contributed by atoms with van der Waals surface area (Å²) in [5.74, 6) is 0.889. The lowest BCUT2D eigenvalue weighted by atomic mass is 9.85. The van der Waals surface area contributed by atoms with Gasteiger partial charge < -0.3 is 29.9 Å². The second-order valence-electron chi connectivity index (χ2n) is 17.7. The first-order valence-corrected chi connectivity index (χ1v) is 21.9. The molecule has 15 nitrogen and oxygen atoms in total. The average Bonchev–Trinajstić information content (AvgIpc) is 3.60. The van der Waals surface area contributed by atoms with Gasteiger partial charge in [-0.3, -0.25) is 24.7 Å². The zero-order chi connectivity index (χ0) is 43.2. The number of imide groups is 1. The van der Waals surface area contributed by atoms with Crippen LogP contribution in [-0.4, -0.2) is 111 Å². The number of ether oxygens (including phenoxy) is 1. The first-order chi connectivity index (χ1) is 29.9. The fourth-order valence-electron chi connectivity index (χ4n) is 9.99. The Labute approximate surface area is 361 Å². The van der Waals surface area contributed by atoms with Gasteiger partial charge in [-0.15, -0.1) is 10.2 Å². The predicted molar refractivity (Wildman–Crippen MR) is 238 cm³/mol. The van der Waals surface area contributed by atoms with Crippen LogP contribution in [0.4, 0.5) is 22.0 Å². The number of aromatic nitrogens is 4. The zero-order valence-corrected chi connectivity index (χ0v) is 36.0. The number of fused-ring (bicyclic) bond motifs is 1. The second kappa shape index (κ2) is 17.0. The molecule has 3 saturated heterocycles. The van der Waals surface area contributed by atoms with Crippen molar-refractivity contribution in [2.45, 2.75) is 78.0 Å². The third-order valence-corrected chi connectivity index (χ3v) is 13.4. The Hall–Kier alpha value is -6.06. The molecule has 4 fully saturated rings. The molecule has 4 N–H and O–H groups in total. The number of carbonyl (C=O) groups is 3. The van der Waals surface area contributed by atoms with E-state index in [-0.39, 0.29) is 36.2 Å². The normalized spacial score (nSPS) is 22.6. The van der Waals surface area contributed by atoms with Gasteiger partial charge in [-0.2, -0.15) is 0 Å². The number of amides is 4. The van der Waals surface area contributed by atoms with Gasteiger partial charge in [0.2, 0.25) is 5.91 Å². The minimum absolute atomic E-state index is 0.0773. The molecule has 4 amide bonds. The minimum atomic E-state index is -0.398. The molecule has 1 aliphatic carbocycles. The van der Waals surface area contributed by atoms with Gasteiger partial charge in [-0.1, -0.05) is 18.2 Å². The second-order valence-corrected chi connectivity index (χ2v) is 17.7. The van der Waals surface area contributed by atoms with E-state index in [0.29, 0.717) is 67.4 Å². The number of anilines is 3. The quantitative estimate of drug-likeness (QED) is 0.160. The van der Waals surface area contributed by atoms with Crippen molar-refractivity contribution in [1.82, 2.24) is 34.9 Å². The third-order valence-electron chi connectivity index (χ3n) is 13.4. The van der Waals surface area contributed by atoms with Crippen LogP contribution in [0.1, 0.15) is 83.8 Å². The Morgan fingerprint density at radius 1 is 0.919 bits per heavy atom. The van der Waals surface area contributed by atoms with Gasteiger partial charge >= 0.3 is 6.03 Å². The van der Waals surface area contributed by atoms with Crippen LogP contribution < -0.4 is 20.9 Å². The number of phenolic OH excluding ortho intramolecular Hbond substituents is 1. The number of benzene rings is 2. The van der Waals surface area contributed by atoms with Crippen LogP contribution in [0.3, 0.4) is 0 Å². The smallest absolute Gasteiger partial charge is 0.328 e. The van der Waals surface area contributed by atoms with E-state index in [4.69, 9.17) is 15.5 Å². The number of rotatable bonds is 8. The Bertz CT molecular complexity index is 2520. The van der Waals surface area contributed by atoms with Crippen LogP contribution in [-0.2, 0) is 9.53 Å². The van der Waals surface area contributed by atoms with E-state index in [1.165, 1.54) is 0 Å². The number of morpholine rings is 1. The number of para-hydroxylation sites is 1. The number of urea groups is 1. The topological polar surface area (TPSA) is 175 Å². The van der Waals surface area contributed by atoms with E-state index in [1.54, 1.807) is 23.2 Å². The average molecular weight is 841 g/mol. The number of pyridine rings is 1. The SMILES string of the molecule is Cc1cc([C@@H]2CN(c3cc(-c4ccccc4O)nnc3N)C[C@H](C)O2)c(C)cc1C(=O)N1CCN(CC2CCC(n3cc(C)c4cc(N5CCC(=O)NC5=O)cnc43)CC2)CC1. The lowest BCUT2D eigenvalue weighted by Crippen LogP contribution is -2.50. The van der Waals surface area contributed by atoms with E-state index < -0.39 is 6.03 Å². The van der Waals surface area contributed by atoms with Crippen molar-refractivity contribution in [3.63, 3.8) is 0 Å². The maximum Gasteiger partial charge on any atom is 0.328 e. The molecule has 3 aromatic heterocycles. The van der Waals surface area contributed by atoms with Crippen LogP contribution in [0.15, 0.2) is 60.9 Å². The third kappa shape index (κ3) is 8.18. The number of nitrogens with zero attached hydrogens (tertiary/aromatic N) is 8. The van der Waals surface area contributed by atoms with Crippen LogP contribution in [0.2, 0.25) is 0 Å². The number of hydrogen-bond acceptors (Lipinski definition) is 11. The number of carbonyl (C=O) groups excluding carboxylic acids is 3. The summed E-state index contributed by atoms with van der Waals surface area (Å²) in [6.45, 7) is 13.9. The van der Waals surface area contributed by atoms with Crippen LogP contribution in [0, 0.1) is 26.7 Å². The number of piperazine rings is 1. The molecule has 0 spiro atoms. The summed E-state index contributed by atoms with van der Waals surface area (Å²) in [6.07, 6.45) is 8.33. The molecule has 2 aromatic carbocycles. The maximum absolute atomic E-state index is 14.0. The number of nitrogens with two attached hydrogens (primary N) is 1. The number of nitrogen functional groups attached to an aromatic ring is 1. The first kappa shape index (κ1) is 41.3. The van der Waals surface area contributed by atoms with Gasteiger partial charge in [0.1, 0.15) is 17.5 Å². The molecule has 3 aliphatic heterocycles. The van der Waals surface area contributed by atoms with Crippen molar-refractivity contribution in [3.8, 4) is 17.0 Å². The highest BCUT2D eigenvalue weighted by Gasteiger charge is 2.33. The molecule has 324 valence electrons. The largest absolute Gasteiger partial charge is 0.507 e. The fraction of sp³-hybridized carbons (Fsp3) is 0.447. The van der Waals surface area contributed by atoms with Gasteiger partial charge in [0, 0.05) is 87.5 Å². The highest BCUT2D eigenvalue weighted by molar-refractivity contribution is 6.06. The number of aryl methyl sites for hydroxylation is 3. The summed E-state index contributed by atoms with van der Waals surface area (Å²) >= 11 is 0. The molecule has 4 aliphatic rings. The van der Waals surface area contributed by atoms with Gasteiger partial charge in [-0.05, 0) is 112 Å². The van der Waals surface area contributed by atoms with Gasteiger partial charge in [0.05, 0.1) is 29.4 Å². The molecule has 0 bridgehead atoms. The van der Waals surface area contributed by atoms with Gasteiger partial charge in [0.15, 0.2) is 5.82 Å². The first-order valence-electron chi connectivity index (χ1n) is 21.9. The van der Waals surface area contributed by atoms with Crippen molar-refractivity contribution < 1.29 is 24.2 Å². The molecule has 1 saturated carbocycles. The fourth-order valence-corrected chi connectivity index (χ4v) is 9.99. The molecule has 15 heteroatoms. The summed E-state index contributed by atoms with van der Waals surface area (Å²) < 4.78 is 8.84. The number of aromatic hydroxyl groups is 1. The molecule has 5 aromatic rings. The van der Waals surface area contributed by atoms with Gasteiger partial charge in [0.25, 0.3) is 5.91 Å². The summed E-state index contributed by atoms with van der Waals surface area (Å²) in [6, 6.07) is 15.1. The molecule has 9 rings (SSSR count). The minimum Gasteiger partial charge on any atom is -0.507 e. The van der Waals surface area contributed by atoms with Gasteiger partial charge in [-0.25, -0.2) is 9.78 Å². The van der Waals surface area contributed by atoms with E-state index >= 15 is 0 Å². The van der Waals surface area contributed by atoms with Crippen molar-refractivity contribution in [1.29, 1.82) is 0 Å². The molecular weight excluding hydrogens is 785 g/mol. The molecule has 0 unspecified atom stereocenters. The molecular formula is C47H56N10O5. The standard InChI is InChI=1S/C47H56N10O5/c1-28-20-38(29(2)19-36(28)42-27-55(25-31(4)62-42)40-22-39(51-52-44(40)48)35-7-5-6-8-41(35)58)46(60)54-17-15-53(16-18-54)26-32-9-11-33(12-10-32)57-24-30(3)37-21-34(23-49-45(37)57)56-14-13-43(59)50-47(56)61/h5-8,19-24,31-33,42,58H,9-18,25-27H2,1-4H3,(H2,48,52)(H,50,59,61)/t31-,32?,33?,42-/m0/s1. The molecule has 6 heterocycles. The number of phenols is 1. The summed E-state index contributed by atoms with van der Waals surface area (Å²) in [5.41, 5.74) is 14.8. The van der Waals surface area contributed by atoms with E-state index in [9.17, 15) is 19.5 Å². The number of hydrogen-bond donors (Lipinski definition) is 3. The zero-order valence-electron chi connectivity index (χ0n) is 36.0. The van der Waals surface area contributed by atoms with E-state index in [1.807, 2.05) is 49.1 Å². The number of nitrogens with one attached hydrogen (secondary N) is 1. The Morgan fingerprint density at radius 3 is 2.45 bits per heavy atom. The summed E-state index contributed by atoms with van der Waals surface area (Å²) in [7, 11) is 0. The van der Waals surface area contributed by atoms with Crippen LogP contribution >= 0.6 is 0 Å². The molecule has 0 radical (unpaired) electrons. The monoisotopic (exact) mass is 840 g/mol. The van der Waals surface area contributed by atoms with Crippen molar-refractivity contribution >= 4 is 46.1 Å². The van der Waals surface area contributed by atoms with Crippen LogP contribution in [0.5, 0.6) is 5.75 Å². The Morgan fingerprint density at radius 2 is 1.69 bits per heavy atom. The molecule has 2 atom stereocenters. The maximum atomic E-state index is 14.0. The lowest BCUT2D eigenvalue weighted by molar-refractivity contribution is -0.120. The highest BCUT2D eigenvalue weighted by atomic mass is 16.5. The lowest BCUT2D eigenvalue weighted by Gasteiger charge is -2.39. The van der Waals surface area contributed by atoms with E-state index in [0.717, 1.165) is 89.9 Å².